The summed E-state index contributed by atoms with van der Waals surface area (Å²) in [5, 5.41) is 12.8. The lowest BCUT2D eigenvalue weighted by Gasteiger charge is -2.32. The highest BCUT2D eigenvalue weighted by molar-refractivity contribution is 14.1. The molecular formula is C94H86BCl6IO8. The van der Waals surface area contributed by atoms with Gasteiger partial charge < -0.3 is 23.9 Å². The SMILES string of the molecule is CC/C(=C(\C1=Cc2ccccc2C1)c1ccc(/C=C/C(=O)O)cc1)c1ccc(Cl)cc1Cl.CCOC(=O)/C=C/c1ccc(/C(C2=Cc3ccccc3C2)=C(/CC)B2OC(C)(C)C(C)(C)O2)cc1.CCOC(=O)/C=C/c1ccc(/C(C2=Cc3ccccc3C2)=C(/CC)c2ccc(Cl)cc2Cl)cc1.Clc1ccc(I)c(Cl)c1. The van der Waals surface area contributed by atoms with Gasteiger partial charge in [0.1, 0.15) is 0 Å². The van der Waals surface area contributed by atoms with E-state index in [0.29, 0.717) is 43.3 Å². The fourth-order valence-electron chi connectivity index (χ4n) is 13.6. The van der Waals surface area contributed by atoms with Crippen LogP contribution in [-0.4, -0.2) is 54.5 Å². The molecule has 9 aromatic rings. The maximum absolute atomic E-state index is 11.7. The zero-order chi connectivity index (χ0) is 78.8. The largest absolute Gasteiger partial charge is 0.491 e. The number of aliphatic carboxylic acids is 1. The Morgan fingerprint density at radius 3 is 1.09 bits per heavy atom. The fraction of sp³-hybridized carbons (Fsp3) is 0.202. The molecule has 1 saturated heterocycles. The zero-order valence-corrected chi connectivity index (χ0v) is 69.6. The molecule has 1 aliphatic heterocycles. The highest BCUT2D eigenvalue weighted by Crippen LogP contribution is 2.47. The smallest absolute Gasteiger partial charge is 0.478 e. The molecule has 110 heavy (non-hydrogen) atoms. The lowest BCUT2D eigenvalue weighted by atomic mass is 9.70. The van der Waals surface area contributed by atoms with Crippen molar-refractivity contribution in [2.75, 3.05) is 13.2 Å². The van der Waals surface area contributed by atoms with Crippen LogP contribution in [0.2, 0.25) is 30.1 Å². The number of carboxylic acid groups (broad SMARTS) is 1. The lowest BCUT2D eigenvalue weighted by Crippen LogP contribution is -2.41. The number of halogens is 7. The van der Waals surface area contributed by atoms with Crippen LogP contribution >= 0.6 is 92.2 Å². The van der Waals surface area contributed by atoms with E-state index in [-0.39, 0.29) is 11.9 Å². The first-order valence-corrected chi connectivity index (χ1v) is 40.0. The first-order valence-electron chi connectivity index (χ1n) is 36.7. The maximum Gasteiger partial charge on any atom is 0.491 e. The summed E-state index contributed by atoms with van der Waals surface area (Å²) in [4.78, 5) is 34.2. The minimum atomic E-state index is -0.964. The van der Waals surface area contributed by atoms with Crippen molar-refractivity contribution in [3.05, 3.63) is 352 Å². The number of hydrogen-bond acceptors (Lipinski definition) is 7. The van der Waals surface area contributed by atoms with Crippen LogP contribution in [0.15, 0.2) is 241 Å². The average Bonchev–Trinajstić information content (AvgIpc) is 1.60. The van der Waals surface area contributed by atoms with E-state index in [4.69, 9.17) is 93.5 Å². The van der Waals surface area contributed by atoms with E-state index in [2.05, 4.69) is 186 Å². The third-order valence-corrected chi connectivity index (χ3v) is 22.5. The summed E-state index contributed by atoms with van der Waals surface area (Å²) in [6.07, 6.45) is 21.0. The number of ether oxygens (including phenoxy) is 2. The number of rotatable bonds is 20. The molecule has 1 heterocycles. The van der Waals surface area contributed by atoms with Gasteiger partial charge in [0.25, 0.3) is 0 Å². The Bertz CT molecular complexity index is 5160. The van der Waals surface area contributed by atoms with Crippen LogP contribution in [0, 0.1) is 3.57 Å². The Morgan fingerprint density at radius 1 is 0.436 bits per heavy atom. The van der Waals surface area contributed by atoms with E-state index in [1.807, 2.05) is 84.9 Å². The van der Waals surface area contributed by atoms with Gasteiger partial charge in [-0.05, 0) is 291 Å². The standard InChI is InChI=1S/C30H35BO4.C30H26Cl2O2.C28H22Cl2O2.C6H3Cl2I/c1-7-26(31-34-29(3,4)30(5,6)35-31)28(25-19-23-11-9-10-12-24(23)20-25)22-16-13-21(14-17-22)15-18-27(32)33-8-2;1-3-26(27-15-14-25(31)19-28(27)32)30(24-17-22-7-5-6-8-23(22)18-24)21-12-9-20(10-13-21)11-16-29(33)34-4-2;1-2-24(25-13-12-23(29)17-26(25)30)28(22-15-20-5-3-4-6-21(20)16-22)19-10-7-18(8-11-19)9-14-27(31)32;7-4-1-2-6(9)5(8)3-4/h9-19H,7-8,20H2,1-6H3;5-17,19H,3-4,18H2,1-2H3;3-15,17H,2,16H2,1H3,(H,31,32);1-3H/b18-15+,28-26+;16-11+,30-26+;14-9+,28-24+;. The van der Waals surface area contributed by atoms with Gasteiger partial charge in [-0.15, -0.1) is 0 Å². The van der Waals surface area contributed by atoms with Crippen LogP contribution in [0.4, 0.5) is 0 Å². The molecule has 0 unspecified atom stereocenters. The van der Waals surface area contributed by atoms with Crippen molar-refractivity contribution < 1.29 is 38.3 Å². The Morgan fingerprint density at radius 2 is 0.773 bits per heavy atom. The lowest BCUT2D eigenvalue weighted by molar-refractivity contribution is -0.138. The van der Waals surface area contributed by atoms with Crippen LogP contribution < -0.4 is 0 Å². The molecule has 0 aromatic heterocycles. The van der Waals surface area contributed by atoms with Gasteiger partial charge in [-0.2, -0.15) is 0 Å². The van der Waals surface area contributed by atoms with Crippen LogP contribution in [0.1, 0.15) is 159 Å². The second-order valence-corrected chi connectivity index (χ2v) is 31.1. The Balaban J connectivity index is 0.000000166. The van der Waals surface area contributed by atoms with Crippen molar-refractivity contribution in [3.63, 3.8) is 0 Å². The van der Waals surface area contributed by atoms with Crippen molar-refractivity contribution in [2.45, 2.75) is 112 Å². The topological polar surface area (TPSA) is 108 Å². The Kier molecular flexibility index (Phi) is 29.9. The number of hydrogen-bond donors (Lipinski definition) is 1. The van der Waals surface area contributed by atoms with E-state index >= 15 is 0 Å². The van der Waals surface area contributed by atoms with E-state index < -0.39 is 24.3 Å². The predicted molar refractivity (Wildman–Crippen MR) is 471 cm³/mol. The summed E-state index contributed by atoms with van der Waals surface area (Å²) in [5.41, 5.74) is 25.6. The van der Waals surface area contributed by atoms with Crippen molar-refractivity contribution in [3.8, 4) is 0 Å². The van der Waals surface area contributed by atoms with E-state index in [9.17, 15) is 14.4 Å². The van der Waals surface area contributed by atoms with Crippen LogP contribution in [-0.2, 0) is 52.4 Å². The molecule has 0 saturated carbocycles. The highest BCUT2D eigenvalue weighted by atomic mass is 127. The normalized spacial score (nSPS) is 14.9. The summed E-state index contributed by atoms with van der Waals surface area (Å²) < 4.78 is 24.0. The minimum Gasteiger partial charge on any atom is -0.478 e. The molecule has 3 aliphatic carbocycles. The first-order chi connectivity index (χ1) is 52.8. The van der Waals surface area contributed by atoms with Gasteiger partial charge >= 0.3 is 25.0 Å². The number of fused-ring (bicyclic) bond motifs is 3. The minimum absolute atomic E-state index is 0.333. The third kappa shape index (κ3) is 21.6. The van der Waals surface area contributed by atoms with Gasteiger partial charge in [-0.1, -0.05) is 266 Å². The molecule has 562 valence electrons. The molecule has 0 atom stereocenters. The number of esters is 2. The fourth-order valence-corrected chi connectivity index (χ4v) is 15.3. The van der Waals surface area contributed by atoms with Crippen LogP contribution in [0.5, 0.6) is 0 Å². The quantitative estimate of drug-likeness (QED) is 0.0201. The molecule has 4 aliphatic rings. The molecule has 1 fully saturated rings. The molecule has 13 rings (SSSR count). The second kappa shape index (κ2) is 39.1. The molecule has 1 N–H and O–H groups in total. The number of carbonyl (C=O) groups is 3. The van der Waals surface area contributed by atoms with E-state index in [0.717, 1.165) is 109 Å². The number of carbonyl (C=O) groups excluding carboxylic acids is 2. The summed E-state index contributed by atoms with van der Waals surface area (Å²) in [6.45, 7) is 19.1. The van der Waals surface area contributed by atoms with Gasteiger partial charge in [0.05, 0.1) is 29.4 Å². The summed E-state index contributed by atoms with van der Waals surface area (Å²) in [5.74, 6) is -1.64. The van der Waals surface area contributed by atoms with Gasteiger partial charge in [-0.25, -0.2) is 14.4 Å². The van der Waals surface area contributed by atoms with Crippen molar-refractivity contribution in [2.24, 2.45) is 0 Å². The first kappa shape index (κ1) is 84.0. The predicted octanol–water partition coefficient (Wildman–Crippen LogP) is 26.9. The summed E-state index contributed by atoms with van der Waals surface area (Å²) in [6, 6.07) is 66.7. The number of allylic oxidation sites excluding steroid dienone is 9. The third-order valence-electron chi connectivity index (χ3n) is 19.6. The molecule has 0 amide bonds. The van der Waals surface area contributed by atoms with E-state index in [1.165, 1.54) is 79.0 Å². The van der Waals surface area contributed by atoms with Crippen molar-refractivity contribution in [1.82, 2.24) is 0 Å². The monoisotopic (exact) mass is 1690 g/mol. The number of benzene rings is 9. The van der Waals surface area contributed by atoms with Crippen LogP contribution in [0.3, 0.4) is 0 Å². The highest BCUT2D eigenvalue weighted by Gasteiger charge is 2.53. The molecule has 8 nitrogen and oxygen atoms in total. The summed E-state index contributed by atoms with van der Waals surface area (Å²) >= 11 is 39.1. The van der Waals surface area contributed by atoms with Gasteiger partial charge in [0, 0.05) is 46.9 Å². The van der Waals surface area contributed by atoms with E-state index in [1.54, 1.807) is 50.3 Å². The molecule has 0 radical (unpaired) electrons. The molecular weight excluding hydrogens is 1610 g/mol. The second-order valence-electron chi connectivity index (χ2n) is 27.4. The van der Waals surface area contributed by atoms with Gasteiger partial charge in [0.2, 0.25) is 0 Å². The average molecular weight is 1690 g/mol. The van der Waals surface area contributed by atoms with Crippen molar-refractivity contribution >= 4 is 182 Å². The maximum atomic E-state index is 11.7. The molecule has 16 heteroatoms. The number of carboxylic acids is 1. The van der Waals surface area contributed by atoms with Crippen molar-refractivity contribution in [1.29, 1.82) is 0 Å². The molecule has 0 spiro atoms. The zero-order valence-electron chi connectivity index (χ0n) is 62.9. The van der Waals surface area contributed by atoms with Gasteiger partial charge in [0.15, 0.2) is 0 Å². The Labute approximate surface area is 691 Å². The Hall–Kier alpha value is -8.50. The molecule has 9 aromatic carbocycles. The molecule has 0 bridgehead atoms. The summed E-state index contributed by atoms with van der Waals surface area (Å²) in [7, 11) is -0.409. The van der Waals surface area contributed by atoms with Gasteiger partial charge in [-0.3, -0.25) is 0 Å². The van der Waals surface area contributed by atoms with Crippen LogP contribution in [0.25, 0.3) is 64.3 Å².